The van der Waals surface area contributed by atoms with Gasteiger partial charge in [-0.3, -0.25) is 4.79 Å². The second-order valence-corrected chi connectivity index (χ2v) is 5.21. The quantitative estimate of drug-likeness (QED) is 0.407. The summed E-state index contributed by atoms with van der Waals surface area (Å²) in [5.74, 6) is 0.964. The van der Waals surface area contributed by atoms with Crippen LogP contribution >= 0.6 is 12.2 Å². The third kappa shape index (κ3) is 7.19. The Hall–Kier alpha value is -2.02. The van der Waals surface area contributed by atoms with Crippen LogP contribution in [-0.2, 0) is 9.53 Å². The van der Waals surface area contributed by atoms with Crippen molar-refractivity contribution in [2.75, 3.05) is 32.7 Å². The van der Waals surface area contributed by atoms with Crippen molar-refractivity contribution < 1.29 is 19.0 Å². The Morgan fingerprint density at radius 2 is 2.00 bits per heavy atom. The van der Waals surface area contributed by atoms with Gasteiger partial charge in [0.05, 0.1) is 26.5 Å². The summed E-state index contributed by atoms with van der Waals surface area (Å²) < 4.78 is 15.5. The standard InChI is InChI=1S/C16H24N2O4S/c1-4-5-6-9-22-15(19)11-17-16(23)18-13-10-12(20-2)7-8-14(13)21-3/h7-8,10H,4-6,9,11H2,1-3H3,(H2,17,18,23). The van der Waals surface area contributed by atoms with E-state index >= 15 is 0 Å². The molecule has 2 N–H and O–H groups in total. The third-order valence-electron chi connectivity index (χ3n) is 3.06. The van der Waals surface area contributed by atoms with Gasteiger partial charge in [0.25, 0.3) is 0 Å². The van der Waals surface area contributed by atoms with Crippen LogP contribution in [0.2, 0.25) is 0 Å². The molecule has 0 radical (unpaired) electrons. The monoisotopic (exact) mass is 340 g/mol. The van der Waals surface area contributed by atoms with Crippen LogP contribution in [0.15, 0.2) is 18.2 Å². The zero-order chi connectivity index (χ0) is 17.1. The van der Waals surface area contributed by atoms with Gasteiger partial charge in [-0.15, -0.1) is 0 Å². The second kappa shape index (κ2) is 10.7. The lowest BCUT2D eigenvalue weighted by molar-refractivity contribution is -0.142. The minimum Gasteiger partial charge on any atom is -0.497 e. The summed E-state index contributed by atoms with van der Waals surface area (Å²) in [5.41, 5.74) is 0.653. The Kier molecular flexibility index (Phi) is 8.82. The van der Waals surface area contributed by atoms with E-state index in [9.17, 15) is 4.79 Å². The molecule has 6 nitrogen and oxygen atoms in total. The van der Waals surface area contributed by atoms with Gasteiger partial charge in [-0.1, -0.05) is 19.8 Å². The minimum atomic E-state index is -0.331. The zero-order valence-electron chi connectivity index (χ0n) is 13.8. The Labute approximate surface area is 142 Å². The molecular formula is C16H24N2O4S. The maximum atomic E-state index is 11.6. The smallest absolute Gasteiger partial charge is 0.325 e. The van der Waals surface area contributed by atoms with Gasteiger partial charge in [0.15, 0.2) is 5.11 Å². The summed E-state index contributed by atoms with van der Waals surface area (Å²) in [7, 11) is 3.15. The number of rotatable bonds is 9. The molecule has 7 heteroatoms. The molecule has 0 aliphatic carbocycles. The molecule has 0 saturated heterocycles. The third-order valence-corrected chi connectivity index (χ3v) is 3.31. The molecule has 0 unspecified atom stereocenters. The van der Waals surface area contributed by atoms with Gasteiger partial charge in [-0.2, -0.15) is 0 Å². The number of carbonyl (C=O) groups is 1. The molecule has 1 aromatic rings. The summed E-state index contributed by atoms with van der Waals surface area (Å²) in [6.45, 7) is 2.56. The first-order chi connectivity index (χ1) is 11.1. The average Bonchev–Trinajstić information content (AvgIpc) is 2.56. The van der Waals surface area contributed by atoms with Gasteiger partial charge in [-0.25, -0.2) is 0 Å². The normalized spacial score (nSPS) is 9.87. The number of hydrogen-bond acceptors (Lipinski definition) is 5. The summed E-state index contributed by atoms with van der Waals surface area (Å²) in [6, 6.07) is 5.32. The van der Waals surface area contributed by atoms with Gasteiger partial charge in [-0.05, 0) is 30.8 Å². The van der Waals surface area contributed by atoms with Crippen molar-refractivity contribution in [1.82, 2.24) is 5.32 Å². The molecule has 1 rings (SSSR count). The molecule has 0 aliphatic heterocycles. The molecule has 0 amide bonds. The number of methoxy groups -OCH3 is 2. The van der Waals surface area contributed by atoms with Crippen molar-refractivity contribution in [1.29, 1.82) is 0 Å². The molecule has 0 bridgehead atoms. The predicted molar refractivity (Wildman–Crippen MR) is 94.3 cm³/mol. The summed E-state index contributed by atoms with van der Waals surface area (Å²) in [4.78, 5) is 11.6. The number of nitrogens with one attached hydrogen (secondary N) is 2. The number of thiocarbonyl (C=S) groups is 1. The number of carbonyl (C=O) groups excluding carboxylic acids is 1. The maximum absolute atomic E-state index is 11.6. The van der Waals surface area contributed by atoms with Crippen molar-refractivity contribution in [3.05, 3.63) is 18.2 Å². The highest BCUT2D eigenvalue weighted by molar-refractivity contribution is 7.80. The van der Waals surface area contributed by atoms with Crippen LogP contribution in [-0.4, -0.2) is 38.5 Å². The van der Waals surface area contributed by atoms with Crippen LogP contribution in [0.4, 0.5) is 5.69 Å². The predicted octanol–water partition coefficient (Wildman–Crippen LogP) is 2.72. The van der Waals surface area contributed by atoms with Gasteiger partial charge >= 0.3 is 5.97 Å². The summed E-state index contributed by atoms with van der Waals surface area (Å²) >= 11 is 5.17. The molecule has 0 atom stereocenters. The number of hydrogen-bond donors (Lipinski definition) is 2. The molecule has 0 spiro atoms. The number of benzene rings is 1. The van der Waals surface area contributed by atoms with E-state index < -0.39 is 0 Å². The van der Waals surface area contributed by atoms with E-state index in [1.165, 1.54) is 0 Å². The largest absolute Gasteiger partial charge is 0.497 e. The molecular weight excluding hydrogens is 316 g/mol. The van der Waals surface area contributed by atoms with Gasteiger partial charge < -0.3 is 24.8 Å². The van der Waals surface area contributed by atoms with Crippen LogP contribution in [0.25, 0.3) is 0 Å². The van der Waals surface area contributed by atoms with Crippen molar-refractivity contribution in [2.24, 2.45) is 0 Å². The van der Waals surface area contributed by atoms with Crippen molar-refractivity contribution >= 4 is 29.0 Å². The van der Waals surface area contributed by atoms with Crippen molar-refractivity contribution in [3.63, 3.8) is 0 Å². The Morgan fingerprint density at radius 3 is 2.65 bits per heavy atom. The molecule has 0 saturated carbocycles. The van der Waals surface area contributed by atoms with Gasteiger partial charge in [0.1, 0.15) is 18.0 Å². The fraction of sp³-hybridized carbons (Fsp3) is 0.500. The maximum Gasteiger partial charge on any atom is 0.325 e. The van der Waals surface area contributed by atoms with Crippen LogP contribution in [0, 0.1) is 0 Å². The first-order valence-electron chi connectivity index (χ1n) is 7.53. The minimum absolute atomic E-state index is 0.0181. The van der Waals surface area contributed by atoms with E-state index in [2.05, 4.69) is 17.6 Å². The fourth-order valence-corrected chi connectivity index (χ4v) is 2.00. The number of unbranched alkanes of at least 4 members (excludes halogenated alkanes) is 2. The summed E-state index contributed by atoms with van der Waals surface area (Å²) in [5, 5.41) is 6.09. The highest BCUT2D eigenvalue weighted by Gasteiger charge is 2.08. The second-order valence-electron chi connectivity index (χ2n) is 4.80. The topological polar surface area (TPSA) is 68.8 Å². The van der Waals surface area contributed by atoms with E-state index in [0.29, 0.717) is 28.9 Å². The number of anilines is 1. The lowest BCUT2D eigenvalue weighted by atomic mass is 10.2. The summed E-state index contributed by atoms with van der Waals surface area (Å²) in [6.07, 6.45) is 3.02. The van der Waals surface area contributed by atoms with Crippen molar-refractivity contribution in [2.45, 2.75) is 26.2 Å². The van der Waals surface area contributed by atoms with E-state index in [4.69, 9.17) is 26.4 Å². The molecule has 0 aliphatic rings. The van der Waals surface area contributed by atoms with Crippen molar-refractivity contribution in [3.8, 4) is 11.5 Å². The van der Waals surface area contributed by atoms with E-state index in [1.807, 2.05) is 0 Å². The zero-order valence-corrected chi connectivity index (χ0v) is 14.6. The first kappa shape index (κ1) is 19.0. The molecule has 0 aromatic heterocycles. The molecule has 1 aromatic carbocycles. The highest BCUT2D eigenvalue weighted by atomic mass is 32.1. The SMILES string of the molecule is CCCCCOC(=O)CNC(=S)Nc1cc(OC)ccc1OC. The first-order valence-corrected chi connectivity index (χ1v) is 7.94. The lowest BCUT2D eigenvalue weighted by Crippen LogP contribution is -2.34. The number of ether oxygens (including phenoxy) is 3. The molecule has 0 heterocycles. The van der Waals surface area contributed by atoms with Crippen LogP contribution in [0.3, 0.4) is 0 Å². The Balaban J connectivity index is 2.43. The highest BCUT2D eigenvalue weighted by Crippen LogP contribution is 2.28. The van der Waals surface area contributed by atoms with E-state index in [-0.39, 0.29) is 12.5 Å². The average molecular weight is 340 g/mol. The molecule has 23 heavy (non-hydrogen) atoms. The van der Waals surface area contributed by atoms with E-state index in [0.717, 1.165) is 19.3 Å². The fourth-order valence-electron chi connectivity index (χ4n) is 1.82. The molecule has 0 fully saturated rings. The van der Waals surface area contributed by atoms with Crippen LogP contribution < -0.4 is 20.1 Å². The van der Waals surface area contributed by atoms with Crippen LogP contribution in [0.1, 0.15) is 26.2 Å². The Morgan fingerprint density at radius 1 is 1.22 bits per heavy atom. The van der Waals surface area contributed by atoms with Gasteiger partial charge in [0.2, 0.25) is 0 Å². The van der Waals surface area contributed by atoms with Gasteiger partial charge in [0, 0.05) is 6.07 Å². The lowest BCUT2D eigenvalue weighted by Gasteiger charge is -2.14. The van der Waals surface area contributed by atoms with E-state index in [1.54, 1.807) is 32.4 Å². The Bertz CT molecular complexity index is 523. The van der Waals surface area contributed by atoms with Crippen LogP contribution in [0.5, 0.6) is 11.5 Å². The molecule has 128 valence electrons. The number of esters is 1.